The van der Waals surface area contributed by atoms with Crippen LogP contribution < -0.4 is 0 Å². The molecule has 0 saturated heterocycles. The smallest absolute Gasteiger partial charge is 0.182 e. The van der Waals surface area contributed by atoms with Crippen LogP contribution in [0, 0.1) is 11.8 Å². The van der Waals surface area contributed by atoms with Crippen LogP contribution in [0.5, 0.6) is 0 Å². The van der Waals surface area contributed by atoms with Crippen LogP contribution in [-0.4, -0.2) is 19.7 Å². The second-order valence-electron chi connectivity index (χ2n) is 6.73. The highest BCUT2D eigenvalue weighted by Crippen LogP contribution is 2.53. The topological polar surface area (TPSA) is 43.6 Å². The van der Waals surface area contributed by atoms with Gasteiger partial charge in [0.05, 0.1) is 0 Å². The van der Waals surface area contributed by atoms with Gasteiger partial charge in [-0.3, -0.25) is 4.98 Å². The van der Waals surface area contributed by atoms with Crippen molar-refractivity contribution in [1.29, 1.82) is 0 Å². The molecule has 4 bridgehead atoms. The summed E-state index contributed by atoms with van der Waals surface area (Å²) in [4.78, 5) is 4.48. The Morgan fingerprint density at radius 3 is 2.55 bits per heavy atom. The minimum absolute atomic E-state index is 0.605. The summed E-state index contributed by atoms with van der Waals surface area (Å²) < 4.78 is 2.44. The normalized spacial score (nSPS) is 34.0. The van der Waals surface area contributed by atoms with Crippen molar-refractivity contribution in [3.63, 3.8) is 0 Å². The van der Waals surface area contributed by atoms with Crippen molar-refractivity contribution in [1.82, 2.24) is 19.7 Å². The van der Waals surface area contributed by atoms with Gasteiger partial charge in [-0.05, 0) is 56.1 Å². The number of nitrogens with zero attached hydrogens (tertiary/aromatic N) is 4. The van der Waals surface area contributed by atoms with Crippen LogP contribution in [0.3, 0.4) is 0 Å². The molecule has 6 rings (SSSR count). The van der Waals surface area contributed by atoms with E-state index >= 15 is 0 Å². The quantitative estimate of drug-likeness (QED) is 0.796. The van der Waals surface area contributed by atoms with E-state index < -0.39 is 0 Å². The molecule has 20 heavy (non-hydrogen) atoms. The fourth-order valence-corrected chi connectivity index (χ4v) is 4.85. The van der Waals surface area contributed by atoms with Crippen molar-refractivity contribution in [2.45, 2.75) is 44.1 Å². The molecule has 0 amide bonds. The molecule has 2 aromatic rings. The lowest BCUT2D eigenvalue weighted by molar-refractivity contribution is 0.150. The van der Waals surface area contributed by atoms with E-state index in [9.17, 15) is 0 Å². The molecule has 4 heteroatoms. The van der Waals surface area contributed by atoms with Crippen LogP contribution in [0.2, 0.25) is 0 Å². The van der Waals surface area contributed by atoms with Crippen LogP contribution in [-0.2, 0) is 0 Å². The summed E-state index contributed by atoms with van der Waals surface area (Å²) in [5.41, 5.74) is 0.965. The van der Waals surface area contributed by atoms with Gasteiger partial charge >= 0.3 is 0 Å². The first-order valence-electron chi connectivity index (χ1n) is 7.74. The maximum Gasteiger partial charge on any atom is 0.182 e. The molecule has 4 nitrogen and oxygen atoms in total. The molecule has 2 saturated carbocycles. The number of hydrogen-bond acceptors (Lipinski definition) is 3. The van der Waals surface area contributed by atoms with E-state index in [1.54, 1.807) is 0 Å². The van der Waals surface area contributed by atoms with Gasteiger partial charge in [-0.25, -0.2) is 0 Å². The van der Waals surface area contributed by atoms with Crippen molar-refractivity contribution in [3.05, 3.63) is 30.2 Å². The zero-order valence-electron chi connectivity index (χ0n) is 11.4. The SMILES string of the molecule is c1ccc(-c2nnc3n2C2CC4CC(CC3C4)C2)nc1. The van der Waals surface area contributed by atoms with Gasteiger partial charge in [0.25, 0.3) is 0 Å². The second kappa shape index (κ2) is 3.90. The highest BCUT2D eigenvalue weighted by molar-refractivity contribution is 5.49. The number of aromatic nitrogens is 4. The molecule has 0 N–H and O–H groups in total. The number of rotatable bonds is 1. The van der Waals surface area contributed by atoms with E-state index in [-0.39, 0.29) is 0 Å². The molecular formula is C16H18N4. The van der Waals surface area contributed by atoms with Gasteiger partial charge < -0.3 is 4.57 Å². The molecule has 0 spiro atoms. The predicted octanol–water partition coefficient (Wildman–Crippen LogP) is 3.19. The molecule has 0 radical (unpaired) electrons. The van der Waals surface area contributed by atoms with E-state index in [1.807, 2.05) is 24.4 Å². The average molecular weight is 266 g/mol. The Labute approximate surface area is 118 Å². The monoisotopic (exact) mass is 266 g/mol. The zero-order valence-corrected chi connectivity index (χ0v) is 11.4. The maximum atomic E-state index is 4.56. The lowest BCUT2D eigenvalue weighted by atomic mass is 9.68. The molecule has 2 aliphatic carbocycles. The molecule has 2 aliphatic heterocycles. The highest BCUT2D eigenvalue weighted by atomic mass is 15.3. The Kier molecular flexibility index (Phi) is 2.15. The summed E-state index contributed by atoms with van der Waals surface area (Å²) in [6.45, 7) is 0. The summed E-state index contributed by atoms with van der Waals surface area (Å²) in [5.74, 6) is 4.68. The van der Waals surface area contributed by atoms with Crippen LogP contribution in [0.4, 0.5) is 0 Å². The lowest BCUT2D eigenvalue weighted by Gasteiger charge is -2.38. The van der Waals surface area contributed by atoms with Gasteiger partial charge in [-0.2, -0.15) is 0 Å². The minimum Gasteiger partial charge on any atom is -0.306 e. The molecule has 2 atom stereocenters. The number of hydrogen-bond donors (Lipinski definition) is 0. The van der Waals surface area contributed by atoms with Crippen molar-refractivity contribution in [3.8, 4) is 11.5 Å². The Balaban J connectivity index is 1.69. The summed E-state index contributed by atoms with van der Waals surface area (Å²) in [6, 6.07) is 6.64. The first-order chi connectivity index (χ1) is 9.88. The van der Waals surface area contributed by atoms with E-state index in [1.165, 1.54) is 37.9 Å². The Morgan fingerprint density at radius 1 is 0.950 bits per heavy atom. The predicted molar refractivity (Wildman–Crippen MR) is 75.1 cm³/mol. The van der Waals surface area contributed by atoms with Crippen molar-refractivity contribution in [2.75, 3.05) is 0 Å². The third-order valence-electron chi connectivity index (χ3n) is 5.46. The zero-order chi connectivity index (χ0) is 13.1. The fraction of sp³-hybridized carbons (Fsp3) is 0.562. The summed E-state index contributed by atoms with van der Waals surface area (Å²) in [6.07, 6.45) is 8.58. The molecule has 2 unspecified atom stereocenters. The van der Waals surface area contributed by atoms with Crippen molar-refractivity contribution < 1.29 is 0 Å². The fourth-order valence-electron chi connectivity index (χ4n) is 4.85. The van der Waals surface area contributed by atoms with E-state index in [0.717, 1.165) is 23.4 Å². The molecule has 2 aromatic heterocycles. The van der Waals surface area contributed by atoms with Crippen LogP contribution in [0.25, 0.3) is 11.5 Å². The van der Waals surface area contributed by atoms with Gasteiger partial charge in [-0.15, -0.1) is 10.2 Å². The van der Waals surface area contributed by atoms with Gasteiger partial charge in [0.2, 0.25) is 0 Å². The minimum atomic E-state index is 0.605. The van der Waals surface area contributed by atoms with Gasteiger partial charge in [0.15, 0.2) is 5.82 Å². The molecule has 102 valence electrons. The van der Waals surface area contributed by atoms with Crippen LogP contribution in [0.1, 0.15) is 49.9 Å². The van der Waals surface area contributed by atoms with Gasteiger partial charge in [-0.1, -0.05) is 6.07 Å². The molecule has 4 heterocycles. The van der Waals surface area contributed by atoms with Crippen molar-refractivity contribution >= 4 is 0 Å². The lowest BCUT2D eigenvalue weighted by Crippen LogP contribution is -2.27. The van der Waals surface area contributed by atoms with Gasteiger partial charge in [0.1, 0.15) is 11.5 Å². The van der Waals surface area contributed by atoms with Crippen molar-refractivity contribution in [2.24, 2.45) is 11.8 Å². The largest absolute Gasteiger partial charge is 0.306 e. The second-order valence-corrected chi connectivity index (χ2v) is 6.73. The Bertz CT molecular complexity index is 634. The molecule has 2 fully saturated rings. The summed E-state index contributed by atoms with van der Waals surface area (Å²) in [7, 11) is 0. The maximum absolute atomic E-state index is 4.56. The molecule has 0 aromatic carbocycles. The van der Waals surface area contributed by atoms with E-state index in [2.05, 4.69) is 19.7 Å². The van der Waals surface area contributed by atoms with E-state index in [0.29, 0.717) is 12.0 Å². The Morgan fingerprint density at radius 2 is 1.80 bits per heavy atom. The number of pyridine rings is 1. The highest BCUT2D eigenvalue weighted by Gasteiger charge is 2.44. The summed E-state index contributed by atoms with van der Waals surface area (Å²) in [5, 5.41) is 9.05. The first kappa shape index (κ1) is 11.0. The molecule has 4 aliphatic rings. The third-order valence-corrected chi connectivity index (χ3v) is 5.46. The third kappa shape index (κ3) is 1.45. The molecular weight excluding hydrogens is 248 g/mol. The Hall–Kier alpha value is -1.71. The van der Waals surface area contributed by atoms with Crippen LogP contribution >= 0.6 is 0 Å². The standard InChI is InChI=1S/C16H18N4/c1-2-4-17-14(3-1)16-19-18-15-12-6-10-5-11(7-12)9-13(8-10)20(15)16/h1-4,10-13H,5-9H2. The van der Waals surface area contributed by atoms with E-state index in [4.69, 9.17) is 0 Å². The van der Waals surface area contributed by atoms with Gasteiger partial charge in [0, 0.05) is 18.2 Å². The summed E-state index contributed by atoms with van der Waals surface area (Å²) >= 11 is 0. The van der Waals surface area contributed by atoms with Crippen LogP contribution in [0.15, 0.2) is 24.4 Å². The first-order valence-corrected chi connectivity index (χ1v) is 7.74. The average Bonchev–Trinajstić information content (AvgIpc) is 2.85.